The summed E-state index contributed by atoms with van der Waals surface area (Å²) in [5.74, 6) is -2.33. The molecule has 0 saturated heterocycles. The molecule has 0 radical (unpaired) electrons. The number of hydrogen-bond acceptors (Lipinski definition) is 15. The molecular formula is C81H132O17P2. The van der Waals surface area contributed by atoms with Crippen LogP contribution in [0.25, 0.3) is 0 Å². The molecule has 19 heteroatoms. The van der Waals surface area contributed by atoms with Crippen LogP contribution in [0.15, 0.2) is 158 Å². The Hall–Kier alpha value is -5.32. The smallest absolute Gasteiger partial charge is 0.462 e. The van der Waals surface area contributed by atoms with Gasteiger partial charge in [0.25, 0.3) is 0 Å². The van der Waals surface area contributed by atoms with E-state index in [1.165, 1.54) is 25.7 Å². The number of esters is 4. The number of phosphoric ester groups is 2. The summed E-state index contributed by atoms with van der Waals surface area (Å²) in [5.41, 5.74) is 0. The maximum Gasteiger partial charge on any atom is 0.472 e. The third-order valence-corrected chi connectivity index (χ3v) is 16.9. The summed E-state index contributed by atoms with van der Waals surface area (Å²) in [4.78, 5) is 72.8. The van der Waals surface area contributed by atoms with Crippen molar-refractivity contribution in [2.24, 2.45) is 0 Å². The Morgan fingerprint density at radius 1 is 0.290 bits per heavy atom. The van der Waals surface area contributed by atoms with E-state index in [2.05, 4.69) is 174 Å². The van der Waals surface area contributed by atoms with Gasteiger partial charge in [0, 0.05) is 25.7 Å². The molecule has 0 fully saturated rings. The van der Waals surface area contributed by atoms with Crippen LogP contribution in [0.2, 0.25) is 0 Å². The standard InChI is InChI=1S/C81H132O17P2/c1-5-9-13-17-21-25-29-33-36-37-40-43-46-50-54-58-62-66-79(84)92-71-76(97-80(85)67-63-59-55-51-47-41-32-28-24-20-16-12-8-4)73-95-99(87,88)93-69-75(82)70-94-100(89,90)96-74-77(98-81(86)68-64-60-56-52-48-44-39-35-31-27-23-19-15-11-7-3)72-91-78(83)65-61-57-53-49-45-42-38-34-30-26-22-18-14-10-6-2/h9-11,13-15,21-23,25-28,32-36,38-40,43,45,49-50,54,75-77,82H,5-8,12,16-20,24,29-31,37,41-42,44,46-48,51-53,55-74H2,1-4H3,(H,87,88)(H,89,90)/b13-9-,14-10-,15-11-,25-21-,26-22-,27-23-,32-28-,36-33-,38-34-,39-35-,43-40-,49-45-,54-50-. The number of carbonyl (C=O) groups is 4. The number of ether oxygens (including phenoxy) is 4. The van der Waals surface area contributed by atoms with E-state index in [9.17, 15) is 43.2 Å². The van der Waals surface area contributed by atoms with Gasteiger partial charge in [-0.05, 0) is 161 Å². The van der Waals surface area contributed by atoms with E-state index in [1.807, 2.05) is 12.2 Å². The molecule has 0 aromatic heterocycles. The van der Waals surface area contributed by atoms with Crippen molar-refractivity contribution in [3.05, 3.63) is 158 Å². The first-order valence-electron chi connectivity index (χ1n) is 37.7. The Morgan fingerprint density at radius 3 is 0.870 bits per heavy atom. The van der Waals surface area contributed by atoms with Gasteiger partial charge in [-0.3, -0.25) is 37.3 Å². The van der Waals surface area contributed by atoms with Crippen LogP contribution in [-0.4, -0.2) is 96.7 Å². The molecule has 17 nitrogen and oxygen atoms in total. The highest BCUT2D eigenvalue weighted by molar-refractivity contribution is 7.47. The highest BCUT2D eigenvalue weighted by Gasteiger charge is 2.30. The zero-order valence-electron chi connectivity index (χ0n) is 61.8. The summed E-state index contributed by atoms with van der Waals surface area (Å²) >= 11 is 0. The normalized spacial score (nSPS) is 14.8. The first kappa shape index (κ1) is 94.7. The number of allylic oxidation sites excluding steroid dienone is 26. The summed E-state index contributed by atoms with van der Waals surface area (Å²) < 4.78 is 68.3. The molecule has 0 aliphatic rings. The first-order chi connectivity index (χ1) is 48.7. The summed E-state index contributed by atoms with van der Waals surface area (Å²) in [7, 11) is -9.99. The molecule has 0 bridgehead atoms. The van der Waals surface area contributed by atoms with Crippen LogP contribution in [0.5, 0.6) is 0 Å². The molecule has 0 heterocycles. The molecule has 5 atom stereocenters. The van der Waals surface area contributed by atoms with E-state index in [-0.39, 0.29) is 25.7 Å². The molecule has 0 spiro atoms. The Kier molecular flexibility index (Phi) is 68.2. The van der Waals surface area contributed by atoms with Gasteiger partial charge in [-0.25, -0.2) is 9.13 Å². The second-order valence-corrected chi connectivity index (χ2v) is 27.3. The zero-order chi connectivity index (χ0) is 73.2. The third-order valence-electron chi connectivity index (χ3n) is 15.0. The Labute approximate surface area is 604 Å². The topological polar surface area (TPSA) is 237 Å². The monoisotopic (exact) mass is 1440 g/mol. The average molecular weight is 1440 g/mol. The van der Waals surface area contributed by atoms with Gasteiger partial charge in [-0.1, -0.05) is 243 Å². The number of hydrogen-bond donors (Lipinski definition) is 3. The second-order valence-electron chi connectivity index (χ2n) is 24.4. The van der Waals surface area contributed by atoms with Gasteiger partial charge in [0.05, 0.1) is 26.4 Å². The van der Waals surface area contributed by atoms with Gasteiger partial charge < -0.3 is 33.8 Å². The highest BCUT2D eigenvalue weighted by atomic mass is 31.2. The minimum absolute atomic E-state index is 0.0597. The van der Waals surface area contributed by atoms with E-state index in [1.54, 1.807) is 0 Å². The fourth-order valence-electron chi connectivity index (χ4n) is 9.31. The highest BCUT2D eigenvalue weighted by Crippen LogP contribution is 2.45. The van der Waals surface area contributed by atoms with Gasteiger partial charge in [-0.2, -0.15) is 0 Å². The van der Waals surface area contributed by atoms with Crippen molar-refractivity contribution in [1.29, 1.82) is 0 Å². The molecule has 0 saturated carbocycles. The fraction of sp³-hybridized carbons (Fsp3) is 0.630. The molecule has 568 valence electrons. The third kappa shape index (κ3) is 71.1. The summed E-state index contributed by atoms with van der Waals surface area (Å²) in [6.45, 7) is 4.35. The van der Waals surface area contributed by atoms with Crippen molar-refractivity contribution < 1.29 is 80.2 Å². The van der Waals surface area contributed by atoms with Gasteiger partial charge in [0.15, 0.2) is 12.2 Å². The number of phosphoric acid groups is 2. The van der Waals surface area contributed by atoms with Gasteiger partial charge in [-0.15, -0.1) is 0 Å². The van der Waals surface area contributed by atoms with Crippen LogP contribution in [0, 0.1) is 0 Å². The average Bonchev–Trinajstić information content (AvgIpc) is 0.965. The van der Waals surface area contributed by atoms with Crippen molar-refractivity contribution in [3.8, 4) is 0 Å². The van der Waals surface area contributed by atoms with Crippen molar-refractivity contribution in [2.45, 2.75) is 290 Å². The predicted octanol–water partition coefficient (Wildman–Crippen LogP) is 21.7. The number of aliphatic hydroxyl groups is 1. The van der Waals surface area contributed by atoms with Crippen LogP contribution >= 0.6 is 15.6 Å². The van der Waals surface area contributed by atoms with Crippen LogP contribution < -0.4 is 0 Å². The zero-order valence-corrected chi connectivity index (χ0v) is 63.6. The van der Waals surface area contributed by atoms with E-state index >= 15 is 0 Å². The molecule has 5 unspecified atom stereocenters. The maximum atomic E-state index is 13.1. The quantitative estimate of drug-likeness (QED) is 0.0169. The number of unbranched alkanes of at least 4 members (excludes halogenated alkanes) is 17. The lowest BCUT2D eigenvalue weighted by atomic mass is 10.1. The predicted molar refractivity (Wildman–Crippen MR) is 408 cm³/mol. The Bertz CT molecular complexity index is 2520. The lowest BCUT2D eigenvalue weighted by Gasteiger charge is -2.21. The van der Waals surface area contributed by atoms with Crippen LogP contribution in [0.1, 0.15) is 272 Å². The van der Waals surface area contributed by atoms with E-state index in [4.69, 9.17) is 37.0 Å². The Balaban J connectivity index is 5.46. The van der Waals surface area contributed by atoms with Gasteiger partial charge in [0.2, 0.25) is 0 Å². The van der Waals surface area contributed by atoms with E-state index < -0.39 is 97.5 Å². The largest absolute Gasteiger partial charge is 0.472 e. The molecule has 100 heavy (non-hydrogen) atoms. The van der Waals surface area contributed by atoms with E-state index in [0.717, 1.165) is 161 Å². The number of rotatable bonds is 69. The van der Waals surface area contributed by atoms with Crippen LogP contribution in [0.4, 0.5) is 0 Å². The van der Waals surface area contributed by atoms with Crippen molar-refractivity contribution in [3.63, 3.8) is 0 Å². The second kappa shape index (κ2) is 72.0. The van der Waals surface area contributed by atoms with Crippen molar-refractivity contribution in [1.82, 2.24) is 0 Å². The summed E-state index contributed by atoms with van der Waals surface area (Å²) in [6, 6.07) is 0. The number of aliphatic hydroxyl groups excluding tert-OH is 1. The first-order valence-corrected chi connectivity index (χ1v) is 40.7. The minimum atomic E-state index is -5.00. The molecule has 0 rings (SSSR count). The molecule has 0 aliphatic carbocycles. The van der Waals surface area contributed by atoms with E-state index in [0.29, 0.717) is 32.1 Å². The molecule has 0 aromatic rings. The summed E-state index contributed by atoms with van der Waals surface area (Å²) in [5, 5.41) is 10.6. The maximum absolute atomic E-state index is 13.1. The SMILES string of the molecule is CC/C=C\C/C=C\C/C=C\C/C=C\C/C=C\CCCC(=O)OCC(COP(=O)(O)OCC(O)COP(=O)(O)OCC(COC(=O)CCCC/C=C\C/C=C\C/C=C\C/C=C\CC)OC(=O)CCCCCCC/C=C\C/C=C\C/C=C\CC)OC(=O)CCCCCCC/C=C\CCCCCC. The van der Waals surface area contributed by atoms with Gasteiger partial charge >= 0.3 is 39.5 Å². The van der Waals surface area contributed by atoms with Crippen molar-refractivity contribution >= 4 is 39.5 Å². The lowest BCUT2D eigenvalue weighted by molar-refractivity contribution is -0.161. The van der Waals surface area contributed by atoms with Crippen LogP contribution in [-0.2, 0) is 65.4 Å². The fourth-order valence-corrected chi connectivity index (χ4v) is 10.9. The molecule has 0 amide bonds. The Morgan fingerprint density at radius 2 is 0.530 bits per heavy atom. The molecular weight excluding hydrogens is 1310 g/mol. The lowest BCUT2D eigenvalue weighted by Crippen LogP contribution is -2.30. The van der Waals surface area contributed by atoms with Crippen LogP contribution in [0.3, 0.4) is 0 Å². The number of carbonyl (C=O) groups excluding carboxylic acids is 4. The molecule has 0 aliphatic heterocycles. The molecule has 3 N–H and O–H groups in total. The van der Waals surface area contributed by atoms with Gasteiger partial charge in [0.1, 0.15) is 19.3 Å². The van der Waals surface area contributed by atoms with Crippen molar-refractivity contribution in [2.75, 3.05) is 39.6 Å². The minimum Gasteiger partial charge on any atom is -0.462 e. The summed E-state index contributed by atoms with van der Waals surface area (Å²) in [6.07, 6.45) is 82.5. The molecule has 0 aromatic carbocycles.